The Balaban J connectivity index is 2.36. The lowest BCUT2D eigenvalue weighted by molar-refractivity contribution is 0.124. The molecule has 1 aromatic rings. The zero-order valence-corrected chi connectivity index (χ0v) is 12.2. The summed E-state index contributed by atoms with van der Waals surface area (Å²) in [4.78, 5) is 17.7. The first-order valence-electron chi connectivity index (χ1n) is 5.71. The Morgan fingerprint density at radius 2 is 2.00 bits per heavy atom. The van der Waals surface area contributed by atoms with Gasteiger partial charge in [0.15, 0.2) is 17.1 Å². The Labute approximate surface area is 116 Å². The van der Waals surface area contributed by atoms with Gasteiger partial charge in [-0.1, -0.05) is 23.2 Å². The quantitative estimate of drug-likeness (QED) is 0.841. The molecule has 0 bridgehead atoms. The van der Waals surface area contributed by atoms with E-state index < -0.39 is 6.10 Å². The van der Waals surface area contributed by atoms with Crippen LogP contribution in [0.1, 0.15) is 32.7 Å². The molecular formula is C11H15Cl2N3O2. The third kappa shape index (κ3) is 1.95. The minimum Gasteiger partial charge on any atom is -0.436 e. The molecule has 2 atom stereocenters. The molecule has 7 heteroatoms. The third-order valence-electron chi connectivity index (χ3n) is 3.15. The molecule has 0 radical (unpaired) electrons. The van der Waals surface area contributed by atoms with Crippen LogP contribution in [0.2, 0.25) is 10.3 Å². The van der Waals surface area contributed by atoms with Crippen molar-refractivity contribution in [3.63, 3.8) is 0 Å². The number of aromatic nitrogens is 2. The summed E-state index contributed by atoms with van der Waals surface area (Å²) in [5.74, 6) is 0.564. The number of imidazole rings is 1. The molecule has 1 fully saturated rings. The van der Waals surface area contributed by atoms with Crippen molar-refractivity contribution in [2.45, 2.75) is 39.0 Å². The number of ether oxygens (including phenoxy) is 1. The number of hydrogen-bond donors (Lipinski definition) is 0. The van der Waals surface area contributed by atoms with E-state index in [1.807, 2.05) is 20.8 Å². The van der Waals surface area contributed by atoms with Crippen LogP contribution in [0.5, 0.6) is 0 Å². The maximum atomic E-state index is 11.8. The van der Waals surface area contributed by atoms with Gasteiger partial charge in [0.05, 0.1) is 6.04 Å². The van der Waals surface area contributed by atoms with E-state index in [-0.39, 0.29) is 23.3 Å². The van der Waals surface area contributed by atoms with Crippen LogP contribution in [-0.4, -0.2) is 32.6 Å². The first-order chi connectivity index (χ1) is 8.34. The summed E-state index contributed by atoms with van der Waals surface area (Å²) in [7, 11) is 1.75. The lowest BCUT2D eigenvalue weighted by Gasteiger charge is -2.24. The van der Waals surface area contributed by atoms with Crippen LogP contribution in [0.15, 0.2) is 0 Å². The van der Waals surface area contributed by atoms with Gasteiger partial charge in [-0.15, -0.1) is 0 Å². The number of cyclic esters (lactones) is 1. The van der Waals surface area contributed by atoms with Crippen LogP contribution in [-0.2, 0) is 11.8 Å². The van der Waals surface area contributed by atoms with Crippen LogP contribution < -0.4 is 0 Å². The molecule has 5 nitrogen and oxygen atoms in total. The fourth-order valence-electron chi connectivity index (χ4n) is 2.24. The van der Waals surface area contributed by atoms with Crippen molar-refractivity contribution >= 4 is 29.3 Å². The Kier molecular flexibility index (Phi) is 3.47. The molecule has 0 aliphatic carbocycles. The van der Waals surface area contributed by atoms with Gasteiger partial charge in [0.1, 0.15) is 5.15 Å². The second kappa shape index (κ2) is 4.63. The highest BCUT2D eigenvalue weighted by Crippen LogP contribution is 2.35. The van der Waals surface area contributed by atoms with Crippen LogP contribution in [0, 0.1) is 0 Å². The van der Waals surface area contributed by atoms with E-state index in [2.05, 4.69) is 4.98 Å². The molecule has 100 valence electrons. The molecule has 1 amide bonds. The third-order valence-corrected chi connectivity index (χ3v) is 3.94. The lowest BCUT2D eigenvalue weighted by atomic mass is 10.1. The zero-order valence-electron chi connectivity index (χ0n) is 10.6. The zero-order chi connectivity index (χ0) is 13.6. The minimum absolute atomic E-state index is 0.0729. The summed E-state index contributed by atoms with van der Waals surface area (Å²) >= 11 is 11.9. The van der Waals surface area contributed by atoms with E-state index in [0.717, 1.165) is 0 Å². The van der Waals surface area contributed by atoms with E-state index in [9.17, 15) is 4.79 Å². The number of carbonyl (C=O) groups is 1. The molecule has 18 heavy (non-hydrogen) atoms. The predicted molar refractivity (Wildman–Crippen MR) is 68.9 cm³/mol. The molecule has 0 N–H and O–H groups in total. The van der Waals surface area contributed by atoms with E-state index in [1.54, 1.807) is 16.5 Å². The Hall–Kier alpha value is -0.940. The Bertz CT molecular complexity index is 487. The van der Waals surface area contributed by atoms with Crippen LogP contribution in [0.25, 0.3) is 0 Å². The van der Waals surface area contributed by atoms with E-state index in [0.29, 0.717) is 11.0 Å². The highest BCUT2D eigenvalue weighted by Gasteiger charge is 2.43. The predicted octanol–water partition coefficient (Wildman–Crippen LogP) is 3.02. The molecule has 0 aromatic carbocycles. The first-order valence-corrected chi connectivity index (χ1v) is 6.46. The number of carbonyl (C=O) groups excluding carboxylic acids is 1. The molecule has 2 rings (SSSR count). The van der Waals surface area contributed by atoms with Crippen molar-refractivity contribution in [2.75, 3.05) is 0 Å². The molecule has 2 heterocycles. The highest BCUT2D eigenvalue weighted by atomic mass is 35.5. The van der Waals surface area contributed by atoms with E-state index in [4.69, 9.17) is 27.9 Å². The van der Waals surface area contributed by atoms with E-state index >= 15 is 0 Å². The smallest absolute Gasteiger partial charge is 0.411 e. The normalized spacial score (nSPS) is 23.9. The maximum Gasteiger partial charge on any atom is 0.411 e. The van der Waals surface area contributed by atoms with Gasteiger partial charge in [-0.3, -0.25) is 4.90 Å². The van der Waals surface area contributed by atoms with Crippen LogP contribution in [0.4, 0.5) is 4.79 Å². The summed E-state index contributed by atoms with van der Waals surface area (Å²) in [6.45, 7) is 5.81. The monoisotopic (exact) mass is 291 g/mol. The largest absolute Gasteiger partial charge is 0.436 e. The van der Waals surface area contributed by atoms with Gasteiger partial charge in [0.2, 0.25) is 0 Å². The second-order valence-electron chi connectivity index (χ2n) is 4.66. The van der Waals surface area contributed by atoms with Crippen molar-refractivity contribution in [1.29, 1.82) is 0 Å². The summed E-state index contributed by atoms with van der Waals surface area (Å²) in [5.41, 5.74) is 0. The Morgan fingerprint density at radius 3 is 2.39 bits per heavy atom. The summed E-state index contributed by atoms with van der Waals surface area (Å²) < 4.78 is 7.01. The number of nitrogens with zero attached hydrogens (tertiary/aromatic N) is 3. The topological polar surface area (TPSA) is 47.4 Å². The Morgan fingerprint density at radius 1 is 1.39 bits per heavy atom. The molecular weight excluding hydrogens is 277 g/mol. The molecule has 1 aliphatic rings. The molecule has 1 saturated heterocycles. The van der Waals surface area contributed by atoms with Crippen LogP contribution >= 0.6 is 23.2 Å². The van der Waals surface area contributed by atoms with Gasteiger partial charge in [-0.2, -0.15) is 0 Å². The maximum absolute atomic E-state index is 11.8. The van der Waals surface area contributed by atoms with Crippen molar-refractivity contribution in [3.05, 3.63) is 16.1 Å². The van der Waals surface area contributed by atoms with Gasteiger partial charge < -0.3 is 9.30 Å². The minimum atomic E-state index is -0.449. The second-order valence-corrected chi connectivity index (χ2v) is 5.37. The molecule has 0 unspecified atom stereocenters. The fraction of sp³-hybridized carbons (Fsp3) is 0.636. The van der Waals surface area contributed by atoms with E-state index in [1.165, 1.54) is 0 Å². The molecule has 0 saturated carbocycles. The first kappa shape index (κ1) is 13.5. The lowest BCUT2D eigenvalue weighted by Crippen LogP contribution is -2.37. The fourth-order valence-corrected chi connectivity index (χ4v) is 2.59. The summed E-state index contributed by atoms with van der Waals surface area (Å²) in [5, 5.41) is 0.568. The standard InChI is InChI=1S/C11H15Cl2N3O2/c1-5(2)16-6(3)7(18-11(16)17)10-14-8(12)9(13)15(10)4/h5-7H,1-4H3/t6-,7-/m0/s1. The van der Waals surface area contributed by atoms with Crippen molar-refractivity contribution in [2.24, 2.45) is 7.05 Å². The summed E-state index contributed by atoms with van der Waals surface area (Å²) in [6.07, 6.45) is -0.785. The molecule has 0 spiro atoms. The number of halogens is 2. The van der Waals surface area contributed by atoms with Crippen LogP contribution in [0.3, 0.4) is 0 Å². The SMILES string of the molecule is CC(C)N1C(=O)O[C@H](c2nc(Cl)c(Cl)n2C)[C@@H]1C. The number of hydrogen-bond acceptors (Lipinski definition) is 3. The van der Waals surface area contributed by atoms with Gasteiger partial charge in [0.25, 0.3) is 0 Å². The number of amides is 1. The van der Waals surface area contributed by atoms with Gasteiger partial charge >= 0.3 is 6.09 Å². The highest BCUT2D eigenvalue weighted by molar-refractivity contribution is 6.40. The van der Waals surface area contributed by atoms with Gasteiger partial charge in [-0.25, -0.2) is 9.78 Å². The van der Waals surface area contributed by atoms with Gasteiger partial charge in [-0.05, 0) is 20.8 Å². The van der Waals surface area contributed by atoms with Crippen molar-refractivity contribution in [3.8, 4) is 0 Å². The average molecular weight is 292 g/mol. The van der Waals surface area contributed by atoms with Crippen molar-refractivity contribution < 1.29 is 9.53 Å². The van der Waals surface area contributed by atoms with Crippen molar-refractivity contribution in [1.82, 2.24) is 14.5 Å². The molecule has 1 aromatic heterocycles. The van der Waals surface area contributed by atoms with Gasteiger partial charge in [0, 0.05) is 13.1 Å². The molecule has 1 aliphatic heterocycles. The number of rotatable bonds is 2. The average Bonchev–Trinajstić information content (AvgIpc) is 2.70. The summed E-state index contributed by atoms with van der Waals surface area (Å²) in [6, 6.07) is -0.0329.